The van der Waals surface area contributed by atoms with Crippen LogP contribution < -0.4 is 0 Å². The van der Waals surface area contributed by atoms with Crippen LogP contribution in [0.5, 0.6) is 0 Å². The van der Waals surface area contributed by atoms with Gasteiger partial charge in [-0.05, 0) is 32.1 Å². The Hall–Kier alpha value is -0.650. The van der Waals surface area contributed by atoms with E-state index in [9.17, 15) is 4.79 Å². The first-order valence-electron chi connectivity index (χ1n) is 9.53. The summed E-state index contributed by atoms with van der Waals surface area (Å²) in [5, 5.41) is 0. The fourth-order valence-corrected chi connectivity index (χ4v) is 4.17. The van der Waals surface area contributed by atoms with Crippen LogP contribution in [0, 0.1) is 5.92 Å². The highest BCUT2D eigenvalue weighted by atomic mass is 16.5. The molecule has 5 nitrogen and oxygen atoms in total. The highest BCUT2D eigenvalue weighted by molar-refractivity contribution is 5.79. The van der Waals surface area contributed by atoms with Crippen molar-refractivity contribution >= 4 is 5.91 Å². The lowest BCUT2D eigenvalue weighted by atomic mass is 10.0. The summed E-state index contributed by atoms with van der Waals surface area (Å²) >= 11 is 0. The molecular formula is C18H32N2O3. The van der Waals surface area contributed by atoms with E-state index in [4.69, 9.17) is 9.47 Å². The van der Waals surface area contributed by atoms with Crippen molar-refractivity contribution in [2.45, 2.75) is 51.0 Å². The van der Waals surface area contributed by atoms with Crippen LogP contribution in [0.15, 0.2) is 0 Å². The highest BCUT2D eigenvalue weighted by Gasteiger charge is 2.32. The number of hydrogen-bond donors (Lipinski definition) is 0. The summed E-state index contributed by atoms with van der Waals surface area (Å²) in [6.45, 7) is 7.39. The SMILES string of the molecule is O=C(C1CCCC1)N(CCCN1CCOCC1)C1CCOCC1. The predicted molar refractivity (Wildman–Crippen MR) is 89.4 cm³/mol. The summed E-state index contributed by atoms with van der Waals surface area (Å²) in [6.07, 6.45) is 7.75. The number of nitrogens with zero attached hydrogens (tertiary/aromatic N) is 2. The zero-order valence-corrected chi connectivity index (χ0v) is 14.4. The molecule has 0 aromatic carbocycles. The van der Waals surface area contributed by atoms with Crippen molar-refractivity contribution in [2.24, 2.45) is 5.92 Å². The van der Waals surface area contributed by atoms with Gasteiger partial charge in [0.1, 0.15) is 0 Å². The molecule has 0 unspecified atom stereocenters. The number of rotatable bonds is 6. The number of carbonyl (C=O) groups excluding carboxylic acids is 1. The number of hydrogen-bond acceptors (Lipinski definition) is 4. The van der Waals surface area contributed by atoms with Crippen molar-refractivity contribution in [2.75, 3.05) is 52.6 Å². The smallest absolute Gasteiger partial charge is 0.225 e. The van der Waals surface area contributed by atoms with E-state index in [2.05, 4.69) is 9.80 Å². The number of amides is 1. The monoisotopic (exact) mass is 324 g/mol. The summed E-state index contributed by atoms with van der Waals surface area (Å²) in [5.74, 6) is 0.720. The van der Waals surface area contributed by atoms with Gasteiger partial charge in [0, 0.05) is 51.4 Å². The lowest BCUT2D eigenvalue weighted by Gasteiger charge is -2.36. The summed E-state index contributed by atoms with van der Waals surface area (Å²) < 4.78 is 10.9. The fraction of sp³-hybridized carbons (Fsp3) is 0.944. The predicted octanol–water partition coefficient (Wildman–Crippen LogP) is 1.91. The molecule has 0 aromatic rings. The largest absolute Gasteiger partial charge is 0.381 e. The molecule has 3 fully saturated rings. The lowest BCUT2D eigenvalue weighted by Crippen LogP contribution is -2.47. The molecule has 0 aromatic heterocycles. The van der Waals surface area contributed by atoms with E-state index >= 15 is 0 Å². The van der Waals surface area contributed by atoms with Gasteiger partial charge in [0.25, 0.3) is 0 Å². The summed E-state index contributed by atoms with van der Waals surface area (Å²) in [7, 11) is 0. The average molecular weight is 324 g/mol. The van der Waals surface area contributed by atoms with Crippen molar-refractivity contribution < 1.29 is 14.3 Å². The Balaban J connectivity index is 1.51. The molecule has 0 bridgehead atoms. The van der Waals surface area contributed by atoms with E-state index in [1.54, 1.807) is 0 Å². The molecule has 132 valence electrons. The number of carbonyl (C=O) groups is 1. The minimum atomic E-state index is 0.293. The molecule has 3 rings (SSSR count). The first kappa shape index (κ1) is 17.2. The number of ether oxygens (including phenoxy) is 2. The topological polar surface area (TPSA) is 42.0 Å². The van der Waals surface area contributed by atoms with Crippen LogP contribution in [0.2, 0.25) is 0 Å². The first-order chi connectivity index (χ1) is 11.3. The Bertz CT molecular complexity index is 359. The van der Waals surface area contributed by atoms with E-state index in [0.717, 1.165) is 84.7 Å². The molecule has 3 aliphatic rings. The summed E-state index contributed by atoms with van der Waals surface area (Å²) in [6, 6.07) is 0.404. The van der Waals surface area contributed by atoms with Gasteiger partial charge in [0.05, 0.1) is 13.2 Å². The standard InChI is InChI=1S/C18H32N2O3/c21-18(16-4-1-2-5-16)20(17-6-12-22-13-7-17)9-3-8-19-10-14-23-15-11-19/h16-17H,1-15H2. The second kappa shape index (κ2) is 9.00. The van der Waals surface area contributed by atoms with Gasteiger partial charge in [0.2, 0.25) is 5.91 Å². The van der Waals surface area contributed by atoms with Crippen LogP contribution in [0.25, 0.3) is 0 Å². The van der Waals surface area contributed by atoms with Crippen LogP contribution in [0.4, 0.5) is 0 Å². The third kappa shape index (κ3) is 4.91. The Morgan fingerprint density at radius 1 is 0.957 bits per heavy atom. The van der Waals surface area contributed by atoms with E-state index in [1.165, 1.54) is 12.8 Å². The van der Waals surface area contributed by atoms with Gasteiger partial charge in [-0.25, -0.2) is 0 Å². The molecular weight excluding hydrogens is 292 g/mol. The molecule has 5 heteroatoms. The van der Waals surface area contributed by atoms with E-state index in [-0.39, 0.29) is 0 Å². The van der Waals surface area contributed by atoms with Crippen LogP contribution in [-0.4, -0.2) is 74.4 Å². The maximum absolute atomic E-state index is 13.0. The third-order valence-corrected chi connectivity index (χ3v) is 5.60. The van der Waals surface area contributed by atoms with E-state index in [0.29, 0.717) is 17.9 Å². The van der Waals surface area contributed by atoms with Gasteiger partial charge in [-0.15, -0.1) is 0 Å². The maximum Gasteiger partial charge on any atom is 0.225 e. The van der Waals surface area contributed by atoms with Crippen molar-refractivity contribution in [3.05, 3.63) is 0 Å². The number of morpholine rings is 1. The highest BCUT2D eigenvalue weighted by Crippen LogP contribution is 2.28. The van der Waals surface area contributed by atoms with Crippen molar-refractivity contribution in [3.8, 4) is 0 Å². The molecule has 23 heavy (non-hydrogen) atoms. The third-order valence-electron chi connectivity index (χ3n) is 5.60. The molecule has 2 aliphatic heterocycles. The first-order valence-corrected chi connectivity index (χ1v) is 9.53. The van der Waals surface area contributed by atoms with Crippen molar-refractivity contribution in [1.29, 1.82) is 0 Å². The zero-order valence-electron chi connectivity index (χ0n) is 14.4. The van der Waals surface area contributed by atoms with E-state index < -0.39 is 0 Å². The van der Waals surface area contributed by atoms with Gasteiger partial charge in [-0.1, -0.05) is 12.8 Å². The molecule has 0 N–H and O–H groups in total. The lowest BCUT2D eigenvalue weighted by molar-refractivity contribution is -0.139. The average Bonchev–Trinajstić information content (AvgIpc) is 3.15. The zero-order chi connectivity index (χ0) is 15.9. The van der Waals surface area contributed by atoms with Gasteiger partial charge in [0.15, 0.2) is 0 Å². The normalized spacial score (nSPS) is 24.9. The van der Waals surface area contributed by atoms with Crippen molar-refractivity contribution in [1.82, 2.24) is 9.80 Å². The molecule has 0 atom stereocenters. The quantitative estimate of drug-likeness (QED) is 0.748. The van der Waals surface area contributed by atoms with E-state index in [1.807, 2.05) is 0 Å². The molecule has 2 heterocycles. The minimum Gasteiger partial charge on any atom is -0.381 e. The maximum atomic E-state index is 13.0. The molecule has 1 saturated carbocycles. The Morgan fingerprint density at radius 3 is 2.30 bits per heavy atom. The molecule has 1 aliphatic carbocycles. The van der Waals surface area contributed by atoms with Gasteiger partial charge >= 0.3 is 0 Å². The second-order valence-electron chi connectivity index (χ2n) is 7.16. The van der Waals surface area contributed by atoms with Gasteiger partial charge in [-0.2, -0.15) is 0 Å². The Labute approximate surface area is 140 Å². The van der Waals surface area contributed by atoms with Crippen LogP contribution in [0.3, 0.4) is 0 Å². The summed E-state index contributed by atoms with van der Waals surface area (Å²) in [5.41, 5.74) is 0. The van der Waals surface area contributed by atoms with Crippen LogP contribution in [-0.2, 0) is 14.3 Å². The molecule has 0 radical (unpaired) electrons. The molecule has 1 amide bonds. The van der Waals surface area contributed by atoms with Gasteiger partial charge in [-0.3, -0.25) is 9.69 Å². The van der Waals surface area contributed by atoms with Crippen LogP contribution in [0.1, 0.15) is 44.9 Å². The van der Waals surface area contributed by atoms with Crippen LogP contribution >= 0.6 is 0 Å². The summed E-state index contributed by atoms with van der Waals surface area (Å²) in [4.78, 5) is 17.7. The minimum absolute atomic E-state index is 0.293. The molecule has 2 saturated heterocycles. The Kier molecular flexibility index (Phi) is 6.72. The van der Waals surface area contributed by atoms with Crippen molar-refractivity contribution in [3.63, 3.8) is 0 Å². The Morgan fingerprint density at radius 2 is 1.61 bits per heavy atom. The molecule has 0 spiro atoms. The van der Waals surface area contributed by atoms with Gasteiger partial charge < -0.3 is 14.4 Å². The second-order valence-corrected chi connectivity index (χ2v) is 7.16. The fourth-order valence-electron chi connectivity index (χ4n) is 4.17.